The fraction of sp³-hybridized carbons (Fsp3) is 0.800. The molecule has 1 heterocycles. The molecular weight excluding hydrogens is 176 g/mol. The first-order chi connectivity index (χ1) is 6.68. The van der Waals surface area contributed by atoms with Gasteiger partial charge in [0.1, 0.15) is 0 Å². The first-order valence-corrected chi connectivity index (χ1v) is 5.34. The largest absolute Gasteiger partial charge is 0.381 e. The van der Waals surface area contributed by atoms with Crippen LogP contribution < -0.4 is 5.73 Å². The maximum Gasteiger partial charge on any atom is 0.165 e. The monoisotopic (exact) mass is 196 g/mol. The molecule has 1 rings (SSSR count). The number of aryl methyl sites for hydroxylation is 1. The molecule has 0 saturated carbocycles. The summed E-state index contributed by atoms with van der Waals surface area (Å²) in [6.07, 6.45) is 6.83. The van der Waals surface area contributed by atoms with Gasteiger partial charge in [0.2, 0.25) is 0 Å². The van der Waals surface area contributed by atoms with Crippen LogP contribution in [0.4, 0.5) is 5.82 Å². The second-order valence-electron chi connectivity index (χ2n) is 4.15. The third-order valence-corrected chi connectivity index (χ3v) is 2.23. The van der Waals surface area contributed by atoms with Crippen LogP contribution in [0, 0.1) is 5.92 Å². The molecule has 1 aromatic heterocycles. The highest BCUT2D eigenvalue weighted by molar-refractivity contribution is 5.19. The molecule has 14 heavy (non-hydrogen) atoms. The number of nitrogens with zero attached hydrogens (tertiary/aromatic N) is 3. The Bertz CT molecular complexity index is 254. The zero-order valence-corrected chi connectivity index (χ0v) is 9.11. The smallest absolute Gasteiger partial charge is 0.165 e. The Labute approximate surface area is 85.5 Å². The summed E-state index contributed by atoms with van der Waals surface area (Å²) in [5.74, 6) is 1.32. The van der Waals surface area contributed by atoms with Crippen LogP contribution >= 0.6 is 0 Å². The Balaban J connectivity index is 2.04. The molecule has 0 aliphatic heterocycles. The van der Waals surface area contributed by atoms with E-state index in [0.29, 0.717) is 5.82 Å². The van der Waals surface area contributed by atoms with Crippen LogP contribution in [0.2, 0.25) is 0 Å². The van der Waals surface area contributed by atoms with Gasteiger partial charge in [-0.1, -0.05) is 38.3 Å². The molecule has 0 saturated heterocycles. The van der Waals surface area contributed by atoms with Crippen molar-refractivity contribution in [3.05, 3.63) is 6.20 Å². The van der Waals surface area contributed by atoms with Crippen molar-refractivity contribution < 1.29 is 0 Å². The molecule has 4 nitrogen and oxygen atoms in total. The predicted octanol–water partition coefficient (Wildman–Crippen LogP) is 2.08. The molecule has 2 N–H and O–H groups in total. The van der Waals surface area contributed by atoms with Crippen molar-refractivity contribution in [2.75, 3.05) is 5.73 Å². The number of unbranched alkanes of at least 4 members (excludes halogenated alkanes) is 2. The third-order valence-electron chi connectivity index (χ3n) is 2.23. The summed E-state index contributed by atoms with van der Waals surface area (Å²) in [4.78, 5) is 0. The van der Waals surface area contributed by atoms with E-state index in [2.05, 4.69) is 24.2 Å². The Hall–Kier alpha value is -1.06. The average Bonchev–Trinajstić information content (AvgIpc) is 2.50. The van der Waals surface area contributed by atoms with Crippen LogP contribution in [0.15, 0.2) is 6.20 Å². The summed E-state index contributed by atoms with van der Waals surface area (Å²) in [5, 5.41) is 7.62. The topological polar surface area (TPSA) is 56.7 Å². The van der Waals surface area contributed by atoms with Gasteiger partial charge in [-0.2, -0.15) is 0 Å². The van der Waals surface area contributed by atoms with E-state index in [1.165, 1.54) is 19.3 Å². The van der Waals surface area contributed by atoms with Crippen molar-refractivity contribution in [2.45, 2.75) is 46.1 Å². The fourth-order valence-corrected chi connectivity index (χ4v) is 1.43. The third kappa shape index (κ3) is 4.25. The molecule has 0 fully saturated rings. The highest BCUT2D eigenvalue weighted by Crippen LogP contribution is 2.08. The molecule has 0 atom stereocenters. The number of aromatic nitrogens is 3. The number of nitrogens with two attached hydrogens (primary N) is 1. The van der Waals surface area contributed by atoms with Gasteiger partial charge in [0.15, 0.2) is 5.82 Å². The summed E-state index contributed by atoms with van der Waals surface area (Å²) in [6.45, 7) is 5.46. The van der Waals surface area contributed by atoms with Crippen LogP contribution in [-0.2, 0) is 6.54 Å². The maximum absolute atomic E-state index is 5.45. The number of nitrogen functional groups attached to an aromatic ring is 1. The number of rotatable bonds is 6. The second-order valence-corrected chi connectivity index (χ2v) is 4.15. The first kappa shape index (κ1) is 11.0. The van der Waals surface area contributed by atoms with Gasteiger partial charge in [-0.25, -0.2) is 0 Å². The van der Waals surface area contributed by atoms with Gasteiger partial charge in [0, 0.05) is 6.54 Å². The molecule has 0 aliphatic rings. The van der Waals surface area contributed by atoms with Crippen LogP contribution in [-0.4, -0.2) is 15.0 Å². The zero-order chi connectivity index (χ0) is 10.4. The van der Waals surface area contributed by atoms with Crippen molar-refractivity contribution in [3.8, 4) is 0 Å². The van der Waals surface area contributed by atoms with E-state index in [1.54, 1.807) is 6.20 Å². The Kier molecular flexibility index (Phi) is 4.43. The minimum Gasteiger partial charge on any atom is -0.381 e. The van der Waals surface area contributed by atoms with E-state index in [4.69, 9.17) is 5.73 Å². The van der Waals surface area contributed by atoms with Crippen LogP contribution in [0.3, 0.4) is 0 Å². The summed E-state index contributed by atoms with van der Waals surface area (Å²) in [6, 6.07) is 0. The molecule has 4 heteroatoms. The second kappa shape index (κ2) is 5.62. The SMILES string of the molecule is CC(C)CCCCCn1cc(N)nn1. The van der Waals surface area contributed by atoms with E-state index in [9.17, 15) is 0 Å². The molecule has 0 unspecified atom stereocenters. The van der Waals surface area contributed by atoms with Gasteiger partial charge in [-0.3, -0.25) is 4.68 Å². The minimum atomic E-state index is 0.507. The molecule has 0 aliphatic carbocycles. The molecule has 0 bridgehead atoms. The molecule has 0 aromatic carbocycles. The van der Waals surface area contributed by atoms with E-state index >= 15 is 0 Å². The van der Waals surface area contributed by atoms with Gasteiger partial charge in [-0.05, 0) is 12.3 Å². The molecule has 1 aromatic rings. The molecule has 0 amide bonds. The van der Waals surface area contributed by atoms with Crippen LogP contribution in [0.1, 0.15) is 39.5 Å². The van der Waals surface area contributed by atoms with Gasteiger partial charge in [0.05, 0.1) is 6.20 Å². The van der Waals surface area contributed by atoms with E-state index in [1.807, 2.05) is 4.68 Å². The van der Waals surface area contributed by atoms with Crippen molar-refractivity contribution in [1.82, 2.24) is 15.0 Å². The highest BCUT2D eigenvalue weighted by Gasteiger charge is 1.97. The lowest BCUT2D eigenvalue weighted by atomic mass is 10.1. The van der Waals surface area contributed by atoms with Gasteiger partial charge < -0.3 is 5.73 Å². The van der Waals surface area contributed by atoms with Gasteiger partial charge in [-0.15, -0.1) is 5.10 Å². The van der Waals surface area contributed by atoms with Gasteiger partial charge >= 0.3 is 0 Å². The van der Waals surface area contributed by atoms with Crippen LogP contribution in [0.5, 0.6) is 0 Å². The fourth-order valence-electron chi connectivity index (χ4n) is 1.43. The molecule has 0 radical (unpaired) electrons. The van der Waals surface area contributed by atoms with Gasteiger partial charge in [0.25, 0.3) is 0 Å². The summed E-state index contributed by atoms with van der Waals surface area (Å²) in [7, 11) is 0. The molecule has 80 valence electrons. The van der Waals surface area contributed by atoms with Crippen molar-refractivity contribution in [2.24, 2.45) is 5.92 Å². The minimum absolute atomic E-state index is 0.507. The highest BCUT2D eigenvalue weighted by atomic mass is 15.4. The maximum atomic E-state index is 5.45. The zero-order valence-electron chi connectivity index (χ0n) is 9.11. The first-order valence-electron chi connectivity index (χ1n) is 5.34. The average molecular weight is 196 g/mol. The summed E-state index contributed by atoms with van der Waals surface area (Å²) < 4.78 is 1.81. The number of anilines is 1. The molecule has 0 spiro atoms. The van der Waals surface area contributed by atoms with E-state index in [0.717, 1.165) is 18.9 Å². The van der Waals surface area contributed by atoms with E-state index < -0.39 is 0 Å². The predicted molar refractivity (Wildman–Crippen MR) is 57.7 cm³/mol. The lowest BCUT2D eigenvalue weighted by molar-refractivity contribution is 0.487. The summed E-state index contributed by atoms with van der Waals surface area (Å²) >= 11 is 0. The van der Waals surface area contributed by atoms with E-state index in [-0.39, 0.29) is 0 Å². The Morgan fingerprint density at radius 2 is 2.14 bits per heavy atom. The number of hydrogen-bond acceptors (Lipinski definition) is 3. The normalized spacial score (nSPS) is 11.1. The van der Waals surface area contributed by atoms with Crippen LogP contribution in [0.25, 0.3) is 0 Å². The molecular formula is C10H20N4. The number of hydrogen-bond donors (Lipinski definition) is 1. The lowest BCUT2D eigenvalue weighted by Gasteiger charge is -2.03. The Morgan fingerprint density at radius 3 is 2.71 bits per heavy atom. The lowest BCUT2D eigenvalue weighted by Crippen LogP contribution is -1.99. The standard InChI is InChI=1S/C10H20N4/c1-9(2)6-4-3-5-7-14-8-10(11)12-13-14/h8-9H,3-7,11H2,1-2H3. The van der Waals surface area contributed by atoms with Crippen molar-refractivity contribution in [1.29, 1.82) is 0 Å². The Morgan fingerprint density at radius 1 is 1.36 bits per heavy atom. The van der Waals surface area contributed by atoms with Crippen molar-refractivity contribution in [3.63, 3.8) is 0 Å². The van der Waals surface area contributed by atoms with Crippen molar-refractivity contribution >= 4 is 5.82 Å². The quantitative estimate of drug-likeness (QED) is 0.709. The summed E-state index contributed by atoms with van der Waals surface area (Å²) in [5.41, 5.74) is 5.45.